The topological polar surface area (TPSA) is 106 Å². The SMILES string of the molecule is Cc1nc2cc([C@@H]3C/C=C(/F)COC[C@H](C)[C@H](O)[C@@H](C)C(=O)C(C)(C)[C@@H](O)CC(=O)O3)ccc2s1. The van der Waals surface area contributed by atoms with Crippen LogP contribution in [0.15, 0.2) is 30.1 Å². The Morgan fingerprint density at radius 2 is 1.91 bits per heavy atom. The summed E-state index contributed by atoms with van der Waals surface area (Å²) in [6, 6.07) is 5.51. The van der Waals surface area contributed by atoms with Crippen molar-refractivity contribution in [2.75, 3.05) is 13.2 Å². The van der Waals surface area contributed by atoms with Crippen LogP contribution in [-0.2, 0) is 19.1 Å². The molecule has 35 heavy (non-hydrogen) atoms. The van der Waals surface area contributed by atoms with Crippen molar-refractivity contribution >= 4 is 33.3 Å². The molecular formula is C26H34FNO6S. The molecule has 1 aliphatic rings. The molecule has 3 rings (SSSR count). The first kappa shape index (κ1) is 27.4. The average molecular weight is 508 g/mol. The van der Waals surface area contributed by atoms with Crippen LogP contribution in [0.3, 0.4) is 0 Å². The van der Waals surface area contributed by atoms with Gasteiger partial charge in [0, 0.05) is 18.3 Å². The van der Waals surface area contributed by atoms with Gasteiger partial charge in [-0.2, -0.15) is 0 Å². The Morgan fingerprint density at radius 1 is 1.20 bits per heavy atom. The third kappa shape index (κ3) is 6.52. The number of hydrogen-bond donors (Lipinski definition) is 2. The highest BCUT2D eigenvalue weighted by molar-refractivity contribution is 7.18. The minimum absolute atomic E-state index is 0.0568. The highest BCUT2D eigenvalue weighted by Crippen LogP contribution is 2.33. The zero-order valence-corrected chi connectivity index (χ0v) is 21.6. The number of aliphatic hydroxyl groups excluding tert-OH is 2. The molecule has 0 saturated carbocycles. The lowest BCUT2D eigenvalue weighted by atomic mass is 9.73. The molecule has 0 saturated heterocycles. The van der Waals surface area contributed by atoms with E-state index in [9.17, 15) is 24.2 Å². The number of aliphatic hydroxyl groups is 2. The molecule has 2 N–H and O–H groups in total. The van der Waals surface area contributed by atoms with Crippen LogP contribution >= 0.6 is 11.3 Å². The average Bonchev–Trinajstić information content (AvgIpc) is 3.18. The molecule has 2 heterocycles. The van der Waals surface area contributed by atoms with Crippen molar-refractivity contribution in [2.24, 2.45) is 17.3 Å². The molecule has 0 spiro atoms. The predicted octanol–water partition coefficient (Wildman–Crippen LogP) is 4.44. The van der Waals surface area contributed by atoms with E-state index in [4.69, 9.17) is 9.47 Å². The summed E-state index contributed by atoms with van der Waals surface area (Å²) in [6.07, 6.45) is -2.22. The van der Waals surface area contributed by atoms with Gasteiger partial charge in [-0.05, 0) is 30.7 Å². The van der Waals surface area contributed by atoms with Gasteiger partial charge in [0.1, 0.15) is 17.7 Å². The van der Waals surface area contributed by atoms with Crippen molar-refractivity contribution in [3.05, 3.63) is 40.7 Å². The number of cyclic esters (lactones) is 1. The lowest BCUT2D eigenvalue weighted by molar-refractivity contribution is -0.156. The number of benzene rings is 1. The van der Waals surface area contributed by atoms with Crippen molar-refractivity contribution in [2.45, 2.75) is 65.8 Å². The molecule has 9 heteroatoms. The molecule has 1 aromatic carbocycles. The summed E-state index contributed by atoms with van der Waals surface area (Å²) in [5.41, 5.74) is 0.113. The first-order valence-electron chi connectivity index (χ1n) is 11.8. The number of aryl methyl sites for hydroxylation is 1. The number of rotatable bonds is 1. The van der Waals surface area contributed by atoms with E-state index >= 15 is 0 Å². The molecule has 192 valence electrons. The van der Waals surface area contributed by atoms with Gasteiger partial charge in [-0.15, -0.1) is 11.3 Å². The Kier molecular flexibility index (Phi) is 8.80. The summed E-state index contributed by atoms with van der Waals surface area (Å²) in [6.45, 7) is 8.05. The molecule has 0 fully saturated rings. The molecule has 2 aromatic rings. The number of ether oxygens (including phenoxy) is 2. The predicted molar refractivity (Wildman–Crippen MR) is 132 cm³/mol. The van der Waals surface area contributed by atoms with Crippen molar-refractivity contribution in [3.8, 4) is 0 Å². The van der Waals surface area contributed by atoms with Gasteiger partial charge >= 0.3 is 5.97 Å². The molecule has 1 aliphatic heterocycles. The number of ketones is 1. The Morgan fingerprint density at radius 3 is 2.63 bits per heavy atom. The van der Waals surface area contributed by atoms with E-state index in [2.05, 4.69) is 4.98 Å². The number of halogens is 1. The normalized spacial score (nSPS) is 31.1. The third-order valence-corrected chi connectivity index (χ3v) is 7.63. The Bertz CT molecular complexity index is 1100. The van der Waals surface area contributed by atoms with Gasteiger partial charge < -0.3 is 19.7 Å². The summed E-state index contributed by atoms with van der Waals surface area (Å²) in [7, 11) is 0. The van der Waals surface area contributed by atoms with Crippen molar-refractivity contribution in [1.82, 2.24) is 4.98 Å². The summed E-state index contributed by atoms with van der Waals surface area (Å²) in [5, 5.41) is 22.3. The number of nitrogens with zero attached hydrogens (tertiary/aromatic N) is 1. The number of carbonyl (C=O) groups excluding carboxylic acids is 2. The smallest absolute Gasteiger partial charge is 0.309 e. The quantitative estimate of drug-likeness (QED) is 0.550. The van der Waals surface area contributed by atoms with E-state index in [1.807, 2.05) is 25.1 Å². The van der Waals surface area contributed by atoms with Crippen molar-refractivity contribution in [1.29, 1.82) is 0 Å². The minimum atomic E-state index is -1.33. The second-order valence-corrected chi connectivity index (χ2v) is 11.1. The van der Waals surface area contributed by atoms with Crippen LogP contribution in [0.5, 0.6) is 0 Å². The highest BCUT2D eigenvalue weighted by atomic mass is 32.1. The summed E-state index contributed by atoms with van der Waals surface area (Å²) >= 11 is 1.55. The molecule has 0 bridgehead atoms. The monoisotopic (exact) mass is 507 g/mol. The molecule has 5 atom stereocenters. The standard InChI is InChI=1S/C26H34FNO6S/c1-14-12-33-13-18(27)7-8-20(17-6-9-21-19(10-17)28-16(3)35-21)34-23(30)11-22(29)26(4,5)25(32)15(2)24(14)31/h6-7,9-10,14-15,20,22,24,29,31H,8,11-13H2,1-5H3/b18-7+/t14-,15+,20-,22-,24-/m0/s1. The lowest BCUT2D eigenvalue weighted by Gasteiger charge is -2.34. The molecule has 0 radical (unpaired) electrons. The number of esters is 1. The van der Waals surface area contributed by atoms with Crippen molar-refractivity contribution in [3.63, 3.8) is 0 Å². The first-order chi connectivity index (χ1) is 16.4. The summed E-state index contributed by atoms with van der Waals surface area (Å²) in [4.78, 5) is 30.4. The zero-order chi connectivity index (χ0) is 25.9. The summed E-state index contributed by atoms with van der Waals surface area (Å²) in [5.74, 6) is -2.87. The number of thiazole rings is 1. The van der Waals surface area contributed by atoms with Gasteiger partial charge in [-0.1, -0.05) is 33.8 Å². The fourth-order valence-electron chi connectivity index (χ4n) is 4.27. The van der Waals surface area contributed by atoms with E-state index in [1.165, 1.54) is 6.08 Å². The Balaban J connectivity index is 1.91. The van der Waals surface area contributed by atoms with E-state index in [-0.39, 0.29) is 25.4 Å². The third-order valence-electron chi connectivity index (χ3n) is 6.68. The fourth-order valence-corrected chi connectivity index (χ4v) is 5.07. The van der Waals surface area contributed by atoms with E-state index in [0.29, 0.717) is 5.56 Å². The van der Waals surface area contributed by atoms with Crippen LogP contribution in [0.2, 0.25) is 0 Å². The van der Waals surface area contributed by atoms with Gasteiger partial charge in [0.15, 0.2) is 0 Å². The largest absolute Gasteiger partial charge is 0.457 e. The fraction of sp³-hybridized carbons (Fsp3) is 0.577. The van der Waals surface area contributed by atoms with Crippen LogP contribution in [0, 0.1) is 24.2 Å². The van der Waals surface area contributed by atoms with Gasteiger partial charge in [0.05, 0.1) is 52.5 Å². The minimum Gasteiger partial charge on any atom is -0.457 e. The van der Waals surface area contributed by atoms with Gasteiger partial charge in [-0.3, -0.25) is 9.59 Å². The lowest BCUT2D eigenvalue weighted by Crippen LogP contribution is -2.46. The number of carbonyl (C=O) groups is 2. The number of hydrogen-bond acceptors (Lipinski definition) is 8. The maximum absolute atomic E-state index is 14.5. The van der Waals surface area contributed by atoms with Gasteiger partial charge in [-0.25, -0.2) is 9.37 Å². The number of Topliss-reactive ketones (excluding diaryl/α,β-unsaturated/α-hetero) is 1. The second kappa shape index (κ2) is 11.2. The molecule has 7 nitrogen and oxygen atoms in total. The van der Waals surface area contributed by atoms with E-state index < -0.39 is 53.8 Å². The Labute approximate surface area is 209 Å². The van der Waals surface area contributed by atoms with Crippen LogP contribution in [0.1, 0.15) is 57.2 Å². The van der Waals surface area contributed by atoms with Crippen LogP contribution in [0.4, 0.5) is 4.39 Å². The number of aromatic nitrogens is 1. The molecular weight excluding hydrogens is 473 g/mol. The summed E-state index contributed by atoms with van der Waals surface area (Å²) < 4.78 is 26.6. The van der Waals surface area contributed by atoms with Gasteiger partial charge in [0.2, 0.25) is 0 Å². The van der Waals surface area contributed by atoms with Crippen LogP contribution in [0.25, 0.3) is 10.2 Å². The van der Waals surface area contributed by atoms with E-state index in [1.54, 1.807) is 39.0 Å². The zero-order valence-electron chi connectivity index (χ0n) is 20.8. The maximum atomic E-state index is 14.5. The van der Waals surface area contributed by atoms with E-state index in [0.717, 1.165) is 15.2 Å². The van der Waals surface area contributed by atoms with Crippen LogP contribution in [-0.4, -0.2) is 52.4 Å². The molecule has 0 aliphatic carbocycles. The molecule has 0 amide bonds. The second-order valence-electron chi connectivity index (χ2n) is 9.90. The Hall–Kier alpha value is -2.20. The first-order valence-corrected chi connectivity index (χ1v) is 12.6. The maximum Gasteiger partial charge on any atom is 0.309 e. The molecule has 0 unspecified atom stereocenters. The molecule has 1 aromatic heterocycles. The van der Waals surface area contributed by atoms with Crippen molar-refractivity contribution < 1.29 is 33.7 Å². The van der Waals surface area contributed by atoms with Crippen LogP contribution < -0.4 is 0 Å². The highest BCUT2D eigenvalue weighted by Gasteiger charge is 2.42. The van der Waals surface area contributed by atoms with Gasteiger partial charge in [0.25, 0.3) is 0 Å². The number of fused-ring (bicyclic) bond motifs is 1.